The Labute approximate surface area is 89.1 Å². The van der Waals surface area contributed by atoms with Gasteiger partial charge < -0.3 is 10.2 Å². The van der Waals surface area contributed by atoms with Crippen LogP contribution in [-0.2, 0) is 0 Å². The summed E-state index contributed by atoms with van der Waals surface area (Å²) in [5, 5.41) is 3.33. The summed E-state index contributed by atoms with van der Waals surface area (Å²) in [6, 6.07) is 0.811. The summed E-state index contributed by atoms with van der Waals surface area (Å²) in [5.74, 6) is 0.917. The van der Waals surface area contributed by atoms with Gasteiger partial charge in [-0.2, -0.15) is 0 Å². The van der Waals surface area contributed by atoms with Crippen LogP contribution in [0.3, 0.4) is 0 Å². The second-order valence-corrected chi connectivity index (χ2v) is 4.67. The highest BCUT2D eigenvalue weighted by atomic mass is 15.2. The average molecular weight is 198 g/mol. The molecule has 0 radical (unpaired) electrons. The van der Waals surface area contributed by atoms with Gasteiger partial charge in [-0.3, -0.25) is 0 Å². The van der Waals surface area contributed by atoms with Gasteiger partial charge in [0.05, 0.1) is 0 Å². The van der Waals surface area contributed by atoms with Crippen molar-refractivity contribution in [1.82, 2.24) is 10.2 Å². The van der Waals surface area contributed by atoms with Crippen LogP contribution in [0.5, 0.6) is 0 Å². The molecular weight excluding hydrogens is 172 g/mol. The fourth-order valence-electron chi connectivity index (χ4n) is 2.06. The van der Waals surface area contributed by atoms with Crippen LogP contribution in [-0.4, -0.2) is 37.6 Å². The van der Waals surface area contributed by atoms with Crippen LogP contribution < -0.4 is 5.32 Å². The second-order valence-electron chi connectivity index (χ2n) is 4.67. The van der Waals surface area contributed by atoms with E-state index in [1.54, 1.807) is 0 Å². The van der Waals surface area contributed by atoms with E-state index in [1.165, 1.54) is 45.3 Å². The van der Waals surface area contributed by atoms with Crippen molar-refractivity contribution < 1.29 is 0 Å². The highest BCUT2D eigenvalue weighted by Gasteiger charge is 2.22. The summed E-state index contributed by atoms with van der Waals surface area (Å²) >= 11 is 0. The molecule has 1 aliphatic rings. The van der Waals surface area contributed by atoms with E-state index in [9.17, 15) is 0 Å². The molecule has 1 aliphatic heterocycles. The van der Waals surface area contributed by atoms with Crippen molar-refractivity contribution in [3.05, 3.63) is 0 Å². The molecule has 2 heteroatoms. The quantitative estimate of drug-likeness (QED) is 0.674. The summed E-state index contributed by atoms with van der Waals surface area (Å²) < 4.78 is 0. The molecular formula is C12H26N2. The number of hydrogen-bond acceptors (Lipinski definition) is 2. The highest BCUT2D eigenvalue weighted by Crippen LogP contribution is 2.15. The molecule has 1 N–H and O–H groups in total. The maximum absolute atomic E-state index is 3.33. The molecule has 1 heterocycles. The summed E-state index contributed by atoms with van der Waals surface area (Å²) in [7, 11) is 2.28. The predicted octanol–water partition coefficient (Wildman–Crippen LogP) is 2.11. The number of likely N-dealkylation sites (N-methyl/N-ethyl adjacent to an activating group) is 1. The summed E-state index contributed by atoms with van der Waals surface area (Å²) in [5.41, 5.74) is 0. The van der Waals surface area contributed by atoms with Crippen LogP contribution in [0.1, 0.15) is 39.5 Å². The number of nitrogens with one attached hydrogen (secondary N) is 1. The van der Waals surface area contributed by atoms with E-state index >= 15 is 0 Å². The second kappa shape index (κ2) is 6.41. The van der Waals surface area contributed by atoms with E-state index in [0.29, 0.717) is 0 Å². The van der Waals surface area contributed by atoms with Crippen LogP contribution in [0.4, 0.5) is 0 Å². The van der Waals surface area contributed by atoms with E-state index in [4.69, 9.17) is 0 Å². The first-order valence-electron chi connectivity index (χ1n) is 6.18. The Morgan fingerprint density at radius 3 is 2.50 bits per heavy atom. The van der Waals surface area contributed by atoms with Gasteiger partial charge in [0.1, 0.15) is 0 Å². The van der Waals surface area contributed by atoms with Gasteiger partial charge in [0.15, 0.2) is 0 Å². The Kier molecular flexibility index (Phi) is 5.49. The van der Waals surface area contributed by atoms with Crippen LogP contribution in [0.15, 0.2) is 0 Å². The van der Waals surface area contributed by atoms with E-state index < -0.39 is 0 Å². The minimum Gasteiger partial charge on any atom is -0.314 e. The van der Waals surface area contributed by atoms with Gasteiger partial charge in [0, 0.05) is 25.7 Å². The van der Waals surface area contributed by atoms with Crippen molar-refractivity contribution in [3.63, 3.8) is 0 Å². The van der Waals surface area contributed by atoms with Gasteiger partial charge >= 0.3 is 0 Å². The van der Waals surface area contributed by atoms with Crippen molar-refractivity contribution in [2.45, 2.75) is 45.6 Å². The fourth-order valence-corrected chi connectivity index (χ4v) is 2.06. The van der Waals surface area contributed by atoms with Gasteiger partial charge in [0.25, 0.3) is 0 Å². The number of hydrogen-bond donors (Lipinski definition) is 1. The van der Waals surface area contributed by atoms with E-state index in [1.807, 2.05) is 0 Å². The van der Waals surface area contributed by atoms with Crippen LogP contribution in [0.2, 0.25) is 0 Å². The van der Waals surface area contributed by atoms with Crippen molar-refractivity contribution in [1.29, 1.82) is 0 Å². The largest absolute Gasteiger partial charge is 0.314 e. The summed E-state index contributed by atoms with van der Waals surface area (Å²) in [6.07, 6.45) is 5.49. The Morgan fingerprint density at radius 2 is 2.07 bits per heavy atom. The molecule has 0 aromatic heterocycles. The molecule has 1 atom stereocenters. The first kappa shape index (κ1) is 12.0. The number of unbranched alkanes of at least 4 members (excludes halogenated alkanes) is 1. The zero-order valence-corrected chi connectivity index (χ0v) is 10.1. The van der Waals surface area contributed by atoms with Crippen LogP contribution in [0, 0.1) is 5.92 Å². The first-order valence-corrected chi connectivity index (χ1v) is 6.18. The molecule has 2 nitrogen and oxygen atoms in total. The third-order valence-electron chi connectivity index (χ3n) is 3.47. The Balaban J connectivity index is 2.16. The Morgan fingerprint density at radius 1 is 1.36 bits per heavy atom. The Hall–Kier alpha value is -0.0800. The van der Waals surface area contributed by atoms with Gasteiger partial charge in [-0.25, -0.2) is 0 Å². The third kappa shape index (κ3) is 3.58. The highest BCUT2D eigenvalue weighted by molar-refractivity contribution is 4.83. The molecule has 1 rings (SSSR count). The van der Waals surface area contributed by atoms with E-state index in [0.717, 1.165) is 12.0 Å². The maximum Gasteiger partial charge on any atom is 0.0342 e. The normalized spacial score (nSPS) is 19.7. The molecule has 1 fully saturated rings. The van der Waals surface area contributed by atoms with Crippen LogP contribution >= 0.6 is 0 Å². The van der Waals surface area contributed by atoms with E-state index in [2.05, 4.69) is 31.1 Å². The summed E-state index contributed by atoms with van der Waals surface area (Å²) in [6.45, 7) is 8.30. The molecule has 0 amide bonds. The molecule has 0 saturated carbocycles. The van der Waals surface area contributed by atoms with Crippen LogP contribution in [0.25, 0.3) is 0 Å². The SMILES string of the molecule is CCCCC(CC)CN(C)C1CNC1. The van der Waals surface area contributed by atoms with Crippen molar-refractivity contribution in [2.24, 2.45) is 5.92 Å². The molecule has 1 saturated heterocycles. The summed E-state index contributed by atoms with van der Waals surface area (Å²) in [4.78, 5) is 2.54. The lowest BCUT2D eigenvalue weighted by molar-refractivity contribution is 0.150. The molecule has 1 unspecified atom stereocenters. The van der Waals surface area contributed by atoms with E-state index in [-0.39, 0.29) is 0 Å². The van der Waals surface area contributed by atoms with Gasteiger partial charge in [-0.15, -0.1) is 0 Å². The fraction of sp³-hybridized carbons (Fsp3) is 1.00. The van der Waals surface area contributed by atoms with Crippen molar-refractivity contribution in [3.8, 4) is 0 Å². The Bertz CT molecular complexity index is 143. The van der Waals surface area contributed by atoms with Gasteiger partial charge in [-0.1, -0.05) is 33.1 Å². The number of nitrogens with zero attached hydrogens (tertiary/aromatic N) is 1. The predicted molar refractivity (Wildman–Crippen MR) is 62.6 cm³/mol. The van der Waals surface area contributed by atoms with Gasteiger partial charge in [-0.05, 0) is 19.4 Å². The molecule has 0 aliphatic carbocycles. The molecule has 0 aromatic rings. The smallest absolute Gasteiger partial charge is 0.0342 e. The zero-order valence-electron chi connectivity index (χ0n) is 10.1. The molecule has 0 aromatic carbocycles. The first-order chi connectivity index (χ1) is 6.77. The molecule has 14 heavy (non-hydrogen) atoms. The minimum absolute atomic E-state index is 0.811. The van der Waals surface area contributed by atoms with Crippen molar-refractivity contribution in [2.75, 3.05) is 26.7 Å². The minimum atomic E-state index is 0.811. The lowest BCUT2D eigenvalue weighted by Crippen LogP contribution is -2.56. The van der Waals surface area contributed by atoms with Crippen molar-refractivity contribution >= 4 is 0 Å². The topological polar surface area (TPSA) is 15.3 Å². The molecule has 0 spiro atoms. The lowest BCUT2D eigenvalue weighted by atomic mass is 9.97. The zero-order chi connectivity index (χ0) is 10.4. The maximum atomic E-state index is 3.33. The molecule has 84 valence electrons. The van der Waals surface area contributed by atoms with Gasteiger partial charge in [0.2, 0.25) is 0 Å². The lowest BCUT2D eigenvalue weighted by Gasteiger charge is -2.37. The monoisotopic (exact) mass is 198 g/mol. The third-order valence-corrected chi connectivity index (χ3v) is 3.47. The number of rotatable bonds is 7. The standard InChI is InChI=1S/C12H26N2/c1-4-6-7-11(5-2)10-14(3)12-8-13-9-12/h11-13H,4-10H2,1-3H3. The average Bonchev–Trinajstić information content (AvgIpc) is 2.09. The molecule has 0 bridgehead atoms.